The summed E-state index contributed by atoms with van der Waals surface area (Å²) in [6.45, 7) is 3.49. The molecule has 0 radical (unpaired) electrons. The molecular formula is C13H18N2O5. The Bertz CT molecular complexity index is 517. The van der Waals surface area contributed by atoms with Gasteiger partial charge in [-0.05, 0) is 25.0 Å². The van der Waals surface area contributed by atoms with Gasteiger partial charge in [0.1, 0.15) is 0 Å². The number of hydrogen-bond donors (Lipinski definition) is 3. The standard InChI is InChI=1S/C13H18N2O5/c1-3-13(4-2,12(18)19)7-15-11(17)9-6-5-8(20-9)10(14)16/h5-6H,3-4,7H2,1-2H3,(H2,14,16)(H,15,17)(H,18,19). The summed E-state index contributed by atoms with van der Waals surface area (Å²) in [5.41, 5.74) is 4.01. The Balaban J connectivity index is 2.75. The van der Waals surface area contributed by atoms with Gasteiger partial charge < -0.3 is 20.6 Å². The first-order valence-electron chi connectivity index (χ1n) is 6.27. The van der Waals surface area contributed by atoms with E-state index in [4.69, 9.17) is 10.2 Å². The maximum Gasteiger partial charge on any atom is 0.311 e. The molecule has 110 valence electrons. The van der Waals surface area contributed by atoms with Gasteiger partial charge in [0, 0.05) is 6.54 Å². The van der Waals surface area contributed by atoms with Crippen LogP contribution in [0, 0.1) is 5.41 Å². The average molecular weight is 282 g/mol. The topological polar surface area (TPSA) is 123 Å². The molecule has 1 aromatic rings. The highest BCUT2D eigenvalue weighted by atomic mass is 16.4. The molecule has 1 rings (SSSR count). The van der Waals surface area contributed by atoms with Crippen LogP contribution in [-0.4, -0.2) is 29.4 Å². The Morgan fingerprint density at radius 1 is 1.25 bits per heavy atom. The van der Waals surface area contributed by atoms with E-state index in [0.717, 1.165) is 0 Å². The second-order valence-electron chi connectivity index (χ2n) is 4.50. The van der Waals surface area contributed by atoms with E-state index in [2.05, 4.69) is 5.32 Å². The van der Waals surface area contributed by atoms with Crippen LogP contribution in [0.2, 0.25) is 0 Å². The van der Waals surface area contributed by atoms with E-state index >= 15 is 0 Å². The van der Waals surface area contributed by atoms with Gasteiger partial charge >= 0.3 is 5.97 Å². The van der Waals surface area contributed by atoms with Gasteiger partial charge in [-0.3, -0.25) is 14.4 Å². The summed E-state index contributed by atoms with van der Waals surface area (Å²) in [6.07, 6.45) is 0.785. The van der Waals surface area contributed by atoms with Crippen LogP contribution in [0.3, 0.4) is 0 Å². The van der Waals surface area contributed by atoms with Crippen LogP contribution in [0.15, 0.2) is 16.5 Å². The van der Waals surface area contributed by atoms with Gasteiger partial charge in [-0.15, -0.1) is 0 Å². The highest BCUT2D eigenvalue weighted by molar-refractivity contribution is 5.95. The number of amides is 2. The predicted octanol–water partition coefficient (Wildman–Crippen LogP) is 0.999. The van der Waals surface area contributed by atoms with Crippen LogP contribution in [0.25, 0.3) is 0 Å². The van der Waals surface area contributed by atoms with Crippen molar-refractivity contribution in [3.8, 4) is 0 Å². The zero-order chi connectivity index (χ0) is 15.3. The number of primary amides is 1. The van der Waals surface area contributed by atoms with Crippen molar-refractivity contribution in [2.75, 3.05) is 6.54 Å². The second kappa shape index (κ2) is 6.23. The highest BCUT2D eigenvalue weighted by Crippen LogP contribution is 2.25. The Labute approximate surface area is 116 Å². The molecule has 0 unspecified atom stereocenters. The summed E-state index contributed by atoms with van der Waals surface area (Å²) in [7, 11) is 0. The summed E-state index contributed by atoms with van der Waals surface area (Å²) in [6, 6.07) is 2.61. The summed E-state index contributed by atoms with van der Waals surface area (Å²) >= 11 is 0. The molecule has 7 heteroatoms. The molecule has 0 aliphatic heterocycles. The van der Waals surface area contributed by atoms with E-state index in [1.54, 1.807) is 13.8 Å². The number of carbonyl (C=O) groups excluding carboxylic acids is 2. The van der Waals surface area contributed by atoms with Crippen molar-refractivity contribution in [1.29, 1.82) is 0 Å². The summed E-state index contributed by atoms with van der Waals surface area (Å²) in [5.74, 6) is -2.51. The zero-order valence-corrected chi connectivity index (χ0v) is 11.4. The van der Waals surface area contributed by atoms with E-state index in [9.17, 15) is 19.5 Å². The lowest BCUT2D eigenvalue weighted by molar-refractivity contribution is -0.149. The maximum atomic E-state index is 11.8. The minimum absolute atomic E-state index is 0.0131. The number of carboxylic acid groups (broad SMARTS) is 1. The quantitative estimate of drug-likeness (QED) is 0.688. The lowest BCUT2D eigenvalue weighted by Crippen LogP contribution is -2.42. The van der Waals surface area contributed by atoms with Crippen molar-refractivity contribution in [3.63, 3.8) is 0 Å². The van der Waals surface area contributed by atoms with E-state index in [-0.39, 0.29) is 18.1 Å². The van der Waals surface area contributed by atoms with E-state index in [1.807, 2.05) is 0 Å². The molecule has 0 atom stereocenters. The van der Waals surface area contributed by atoms with Gasteiger partial charge in [0.05, 0.1) is 5.41 Å². The third-order valence-corrected chi connectivity index (χ3v) is 3.47. The Kier molecular flexibility index (Phi) is 4.90. The lowest BCUT2D eigenvalue weighted by Gasteiger charge is -2.26. The van der Waals surface area contributed by atoms with Crippen LogP contribution >= 0.6 is 0 Å². The third kappa shape index (κ3) is 3.17. The molecule has 0 spiro atoms. The van der Waals surface area contributed by atoms with Crippen molar-refractivity contribution in [2.24, 2.45) is 11.1 Å². The number of hydrogen-bond acceptors (Lipinski definition) is 4. The Morgan fingerprint density at radius 3 is 2.20 bits per heavy atom. The van der Waals surface area contributed by atoms with Crippen molar-refractivity contribution >= 4 is 17.8 Å². The molecule has 1 heterocycles. The fourth-order valence-electron chi connectivity index (χ4n) is 1.81. The predicted molar refractivity (Wildman–Crippen MR) is 70.2 cm³/mol. The molecule has 1 aromatic heterocycles. The summed E-state index contributed by atoms with van der Waals surface area (Å²) in [5, 5.41) is 11.8. The van der Waals surface area contributed by atoms with Gasteiger partial charge in [-0.1, -0.05) is 13.8 Å². The van der Waals surface area contributed by atoms with Crippen molar-refractivity contribution in [2.45, 2.75) is 26.7 Å². The summed E-state index contributed by atoms with van der Waals surface area (Å²) in [4.78, 5) is 34.0. The molecule has 0 aromatic carbocycles. The molecule has 0 aliphatic carbocycles. The molecule has 0 saturated heterocycles. The number of furan rings is 1. The first kappa shape index (κ1) is 15.7. The average Bonchev–Trinajstić information content (AvgIpc) is 2.89. The fraction of sp³-hybridized carbons (Fsp3) is 0.462. The van der Waals surface area contributed by atoms with Crippen LogP contribution in [0.1, 0.15) is 47.8 Å². The van der Waals surface area contributed by atoms with Crippen molar-refractivity contribution in [3.05, 3.63) is 23.7 Å². The molecule has 7 nitrogen and oxygen atoms in total. The second-order valence-corrected chi connectivity index (χ2v) is 4.50. The van der Waals surface area contributed by atoms with E-state index in [0.29, 0.717) is 12.8 Å². The SMILES string of the molecule is CCC(CC)(CNC(=O)c1ccc(C(N)=O)o1)C(=O)O. The fourth-order valence-corrected chi connectivity index (χ4v) is 1.81. The largest absolute Gasteiger partial charge is 0.481 e. The van der Waals surface area contributed by atoms with E-state index in [1.165, 1.54) is 12.1 Å². The molecule has 0 saturated carbocycles. The van der Waals surface area contributed by atoms with Gasteiger partial charge in [0.25, 0.3) is 11.8 Å². The normalized spacial score (nSPS) is 11.1. The number of aliphatic carboxylic acids is 1. The minimum Gasteiger partial charge on any atom is -0.481 e. The number of nitrogens with two attached hydrogens (primary N) is 1. The Hall–Kier alpha value is -2.31. The molecule has 0 aliphatic rings. The monoisotopic (exact) mass is 282 g/mol. The van der Waals surface area contributed by atoms with Crippen LogP contribution in [0.4, 0.5) is 0 Å². The number of nitrogens with one attached hydrogen (secondary N) is 1. The van der Waals surface area contributed by atoms with Gasteiger partial charge in [0.15, 0.2) is 11.5 Å². The summed E-state index contributed by atoms with van der Waals surface area (Å²) < 4.78 is 4.97. The van der Waals surface area contributed by atoms with Crippen LogP contribution in [0.5, 0.6) is 0 Å². The molecule has 4 N–H and O–H groups in total. The van der Waals surface area contributed by atoms with Gasteiger partial charge in [-0.2, -0.15) is 0 Å². The third-order valence-electron chi connectivity index (χ3n) is 3.47. The van der Waals surface area contributed by atoms with E-state index < -0.39 is 23.2 Å². The first-order valence-corrected chi connectivity index (χ1v) is 6.27. The molecule has 0 fully saturated rings. The van der Waals surface area contributed by atoms with Crippen LogP contribution in [-0.2, 0) is 4.79 Å². The lowest BCUT2D eigenvalue weighted by atomic mass is 9.82. The Morgan fingerprint density at radius 2 is 1.80 bits per heavy atom. The molecular weight excluding hydrogens is 264 g/mol. The smallest absolute Gasteiger partial charge is 0.311 e. The van der Waals surface area contributed by atoms with Gasteiger partial charge in [-0.25, -0.2) is 0 Å². The zero-order valence-electron chi connectivity index (χ0n) is 11.4. The number of carbonyl (C=O) groups is 3. The molecule has 2 amide bonds. The number of rotatable bonds is 7. The van der Waals surface area contributed by atoms with Gasteiger partial charge in [0.2, 0.25) is 0 Å². The highest BCUT2D eigenvalue weighted by Gasteiger charge is 2.35. The number of carboxylic acids is 1. The molecule has 0 bridgehead atoms. The van der Waals surface area contributed by atoms with Crippen LogP contribution < -0.4 is 11.1 Å². The maximum absolute atomic E-state index is 11.8. The van der Waals surface area contributed by atoms with Crippen molar-refractivity contribution in [1.82, 2.24) is 5.32 Å². The first-order chi connectivity index (χ1) is 9.36. The van der Waals surface area contributed by atoms with Crippen molar-refractivity contribution < 1.29 is 23.9 Å². The minimum atomic E-state index is -1.01. The molecule has 20 heavy (non-hydrogen) atoms.